The Balaban J connectivity index is 1.26. The van der Waals surface area contributed by atoms with Crippen LogP contribution in [0.15, 0.2) is 36.7 Å². The van der Waals surface area contributed by atoms with Crippen LogP contribution in [0.3, 0.4) is 0 Å². The molecule has 4 heterocycles. The van der Waals surface area contributed by atoms with Gasteiger partial charge in [0, 0.05) is 48.2 Å². The fraction of sp³-hybridized carbons (Fsp3) is 0.316. The Labute approximate surface area is 160 Å². The van der Waals surface area contributed by atoms with E-state index in [4.69, 9.17) is 11.6 Å². The van der Waals surface area contributed by atoms with Gasteiger partial charge in [-0.2, -0.15) is 5.10 Å². The summed E-state index contributed by atoms with van der Waals surface area (Å²) in [6.07, 6.45) is 5.13. The number of benzene rings is 1. The van der Waals surface area contributed by atoms with Crippen LogP contribution >= 0.6 is 11.6 Å². The molecule has 2 aliphatic heterocycles. The molecule has 0 saturated carbocycles. The minimum atomic E-state index is -0.0272. The van der Waals surface area contributed by atoms with E-state index in [0.29, 0.717) is 30.2 Å². The Bertz CT molecular complexity index is 1050. The lowest BCUT2D eigenvalue weighted by Crippen LogP contribution is -2.51. The molecule has 0 atom stereocenters. The highest BCUT2D eigenvalue weighted by Crippen LogP contribution is 2.27. The number of anilines is 1. The van der Waals surface area contributed by atoms with Crippen molar-refractivity contribution in [2.75, 3.05) is 24.5 Å². The van der Waals surface area contributed by atoms with Crippen molar-refractivity contribution >= 4 is 40.0 Å². The average molecular weight is 384 g/mol. The number of nitrogens with one attached hydrogen (secondary N) is 1. The van der Waals surface area contributed by atoms with E-state index in [-0.39, 0.29) is 17.9 Å². The summed E-state index contributed by atoms with van der Waals surface area (Å²) in [7, 11) is 0. The highest BCUT2D eigenvalue weighted by atomic mass is 35.5. The first-order chi connectivity index (χ1) is 13.1. The standard InChI is InChI=1S/C19H18ClN5O2/c20-13-3-4-16-12(6-13)7-17(22-16)19(27)23-9-15(10-23)25-11-14(8-21-25)24-5-1-2-18(24)26/h3-4,6-8,11,15,22H,1-2,5,9-10H2. The molecule has 138 valence electrons. The lowest BCUT2D eigenvalue weighted by molar-refractivity contribution is -0.117. The predicted octanol–water partition coefficient (Wildman–Crippen LogP) is 2.84. The zero-order valence-electron chi connectivity index (χ0n) is 14.6. The zero-order chi connectivity index (χ0) is 18.5. The van der Waals surface area contributed by atoms with E-state index >= 15 is 0 Å². The summed E-state index contributed by atoms with van der Waals surface area (Å²) >= 11 is 6.01. The number of aromatic nitrogens is 3. The quantitative estimate of drug-likeness (QED) is 0.755. The van der Waals surface area contributed by atoms with E-state index in [0.717, 1.165) is 29.6 Å². The molecule has 27 heavy (non-hydrogen) atoms. The lowest BCUT2D eigenvalue weighted by Gasteiger charge is -2.38. The topological polar surface area (TPSA) is 74.2 Å². The van der Waals surface area contributed by atoms with Crippen LogP contribution in [0.2, 0.25) is 5.02 Å². The fourth-order valence-electron chi connectivity index (χ4n) is 3.77. The van der Waals surface area contributed by atoms with Crippen LogP contribution in [-0.4, -0.2) is 51.1 Å². The molecule has 2 saturated heterocycles. The number of hydrogen-bond acceptors (Lipinski definition) is 3. The van der Waals surface area contributed by atoms with Gasteiger partial charge in [0.05, 0.1) is 17.9 Å². The third-order valence-corrected chi connectivity index (χ3v) is 5.54. The molecule has 2 amide bonds. The lowest BCUT2D eigenvalue weighted by atomic mass is 10.1. The number of rotatable bonds is 3. The molecular weight excluding hydrogens is 366 g/mol. The van der Waals surface area contributed by atoms with Gasteiger partial charge in [0.15, 0.2) is 0 Å². The number of aromatic amines is 1. The van der Waals surface area contributed by atoms with Gasteiger partial charge in [-0.1, -0.05) is 11.6 Å². The monoisotopic (exact) mass is 383 g/mol. The minimum Gasteiger partial charge on any atom is -0.351 e. The summed E-state index contributed by atoms with van der Waals surface area (Å²) in [6.45, 7) is 1.96. The highest BCUT2D eigenvalue weighted by Gasteiger charge is 2.34. The van der Waals surface area contributed by atoms with Crippen molar-refractivity contribution in [3.05, 3.63) is 47.4 Å². The third kappa shape index (κ3) is 2.78. The second-order valence-corrected chi connectivity index (χ2v) is 7.54. The van der Waals surface area contributed by atoms with Crippen molar-refractivity contribution in [2.24, 2.45) is 0 Å². The molecule has 2 aliphatic rings. The first-order valence-corrected chi connectivity index (χ1v) is 9.38. The molecule has 0 bridgehead atoms. The van der Waals surface area contributed by atoms with Gasteiger partial charge in [0.25, 0.3) is 5.91 Å². The Hall–Kier alpha value is -2.80. The largest absolute Gasteiger partial charge is 0.351 e. The molecule has 5 rings (SSSR count). The number of carbonyl (C=O) groups is 2. The maximum Gasteiger partial charge on any atom is 0.270 e. The van der Waals surface area contributed by atoms with Gasteiger partial charge < -0.3 is 14.8 Å². The molecule has 0 spiro atoms. The van der Waals surface area contributed by atoms with Gasteiger partial charge in [0.1, 0.15) is 5.69 Å². The van der Waals surface area contributed by atoms with E-state index in [1.165, 1.54) is 0 Å². The zero-order valence-corrected chi connectivity index (χ0v) is 15.3. The SMILES string of the molecule is O=C(c1cc2cc(Cl)ccc2[nH]1)N1CC(n2cc(N3CCCC3=O)cn2)C1. The summed E-state index contributed by atoms with van der Waals surface area (Å²) in [4.78, 5) is 31.3. The summed E-state index contributed by atoms with van der Waals surface area (Å²) < 4.78 is 1.86. The molecule has 0 aliphatic carbocycles. The van der Waals surface area contributed by atoms with Crippen LogP contribution in [-0.2, 0) is 4.79 Å². The summed E-state index contributed by atoms with van der Waals surface area (Å²) in [5.74, 6) is 0.125. The number of carbonyl (C=O) groups excluding carboxylic acids is 2. The molecule has 1 N–H and O–H groups in total. The average Bonchev–Trinajstić information content (AvgIpc) is 3.32. The Kier molecular flexibility index (Phi) is 3.72. The molecule has 8 heteroatoms. The number of hydrogen-bond donors (Lipinski definition) is 1. The van der Waals surface area contributed by atoms with Crippen LogP contribution in [0, 0.1) is 0 Å². The first kappa shape index (κ1) is 16.4. The van der Waals surface area contributed by atoms with Crippen molar-refractivity contribution < 1.29 is 9.59 Å². The van der Waals surface area contributed by atoms with E-state index < -0.39 is 0 Å². The van der Waals surface area contributed by atoms with Gasteiger partial charge in [-0.05, 0) is 30.7 Å². The van der Waals surface area contributed by atoms with Crippen LogP contribution in [0.4, 0.5) is 5.69 Å². The summed E-state index contributed by atoms with van der Waals surface area (Å²) in [5.41, 5.74) is 2.30. The Morgan fingerprint density at radius 1 is 1.26 bits per heavy atom. The number of halogens is 1. The van der Waals surface area contributed by atoms with Crippen molar-refractivity contribution in [3.8, 4) is 0 Å². The second-order valence-electron chi connectivity index (χ2n) is 7.11. The second kappa shape index (κ2) is 6.13. The molecule has 0 radical (unpaired) electrons. The van der Waals surface area contributed by atoms with E-state index in [1.807, 2.05) is 29.1 Å². The van der Waals surface area contributed by atoms with Gasteiger partial charge >= 0.3 is 0 Å². The maximum absolute atomic E-state index is 12.7. The maximum atomic E-state index is 12.7. The van der Waals surface area contributed by atoms with E-state index in [1.54, 1.807) is 22.1 Å². The van der Waals surface area contributed by atoms with Gasteiger partial charge in [-0.3, -0.25) is 14.3 Å². The summed E-state index contributed by atoms with van der Waals surface area (Å²) in [5, 5.41) is 5.96. The van der Waals surface area contributed by atoms with E-state index in [9.17, 15) is 9.59 Å². The summed E-state index contributed by atoms with van der Waals surface area (Å²) in [6, 6.07) is 7.49. The van der Waals surface area contributed by atoms with Gasteiger partial charge in [0.2, 0.25) is 5.91 Å². The number of likely N-dealkylation sites (tertiary alicyclic amines) is 1. The van der Waals surface area contributed by atoms with Crippen molar-refractivity contribution in [1.82, 2.24) is 19.7 Å². The molecule has 2 fully saturated rings. The van der Waals surface area contributed by atoms with Crippen molar-refractivity contribution in [3.63, 3.8) is 0 Å². The fourth-order valence-corrected chi connectivity index (χ4v) is 3.95. The van der Waals surface area contributed by atoms with E-state index in [2.05, 4.69) is 10.1 Å². The molecule has 7 nitrogen and oxygen atoms in total. The smallest absolute Gasteiger partial charge is 0.270 e. The van der Waals surface area contributed by atoms with Crippen LogP contribution in [0.1, 0.15) is 29.4 Å². The Morgan fingerprint density at radius 3 is 2.89 bits per heavy atom. The first-order valence-electron chi connectivity index (χ1n) is 9.00. The molecule has 2 aromatic heterocycles. The molecule has 1 aromatic carbocycles. The van der Waals surface area contributed by atoms with Gasteiger partial charge in [-0.15, -0.1) is 0 Å². The Morgan fingerprint density at radius 2 is 2.11 bits per heavy atom. The van der Waals surface area contributed by atoms with Gasteiger partial charge in [-0.25, -0.2) is 0 Å². The minimum absolute atomic E-state index is 0.0272. The number of H-pyrrole nitrogens is 1. The molecule has 0 unspecified atom stereocenters. The number of amides is 2. The predicted molar refractivity (Wildman–Crippen MR) is 102 cm³/mol. The normalized spacial score (nSPS) is 17.7. The number of fused-ring (bicyclic) bond motifs is 1. The van der Waals surface area contributed by atoms with Crippen molar-refractivity contribution in [1.29, 1.82) is 0 Å². The highest BCUT2D eigenvalue weighted by molar-refractivity contribution is 6.31. The molecular formula is C19H18ClN5O2. The van der Waals surface area contributed by atoms with Crippen molar-refractivity contribution in [2.45, 2.75) is 18.9 Å². The van der Waals surface area contributed by atoms with Crippen LogP contribution in [0.25, 0.3) is 10.9 Å². The number of nitrogens with zero attached hydrogens (tertiary/aromatic N) is 4. The van der Waals surface area contributed by atoms with Crippen LogP contribution in [0.5, 0.6) is 0 Å². The third-order valence-electron chi connectivity index (χ3n) is 5.31. The van der Waals surface area contributed by atoms with Crippen LogP contribution < -0.4 is 4.90 Å². The molecule has 3 aromatic rings.